The first-order chi connectivity index (χ1) is 3.27. The van der Waals surface area contributed by atoms with Gasteiger partial charge >= 0.3 is 30.0 Å². The Hall–Kier alpha value is 0.773. The van der Waals surface area contributed by atoms with Crippen LogP contribution in [0.3, 0.4) is 0 Å². The van der Waals surface area contributed by atoms with Crippen LogP contribution in [0, 0.1) is 6.92 Å². The Morgan fingerprint density at radius 1 is 1.86 bits per heavy atom. The number of halogens is 1. The molecular weight excluding hydrogens is 209 g/mol. The van der Waals surface area contributed by atoms with Crippen molar-refractivity contribution in [2.24, 2.45) is 0 Å². The fourth-order valence-electron chi connectivity index (χ4n) is 0. The molecule has 0 atom stereocenters. The first kappa shape index (κ1) is 10.7. The Morgan fingerprint density at radius 2 is 2.00 bits per heavy atom. The maximum absolute atomic E-state index is 9.75. The Labute approximate surface area is 60.9 Å². The van der Waals surface area contributed by atoms with Crippen molar-refractivity contribution in [1.29, 1.82) is 0 Å². The molecule has 0 fully saturated rings. The summed E-state index contributed by atoms with van der Waals surface area (Å²) in [7, 11) is 0. The van der Waals surface area contributed by atoms with Gasteiger partial charge in [0, 0.05) is 0 Å². The van der Waals surface area contributed by atoms with Crippen molar-refractivity contribution in [2.75, 3.05) is 0 Å². The van der Waals surface area contributed by atoms with E-state index in [9.17, 15) is 4.79 Å². The van der Waals surface area contributed by atoms with Gasteiger partial charge in [-0.05, 0) is 6.92 Å². The molecule has 0 unspecified atom stereocenters. The van der Waals surface area contributed by atoms with Crippen molar-refractivity contribution < 1.29 is 21.1 Å². The molecule has 7 heavy (non-hydrogen) atoms. The van der Waals surface area contributed by atoms with Gasteiger partial charge in [0.15, 0.2) is 0 Å². The molecule has 0 spiro atoms. The number of ketones is 1. The van der Waals surface area contributed by atoms with Crippen LogP contribution in [0.25, 0.3) is 0 Å². The number of hydrogen-bond donors (Lipinski definition) is 0. The Bertz CT molecular complexity index is 47.0. The molecule has 0 heterocycles. The zero-order chi connectivity index (χ0) is 6.28. The third kappa shape index (κ3) is 20.1. The molecule has 0 N–H and O–H groups in total. The van der Waals surface area contributed by atoms with E-state index < -0.39 is 0 Å². The SMILES string of the molecule is [CH2-]CC(C)=O.[Zn+][Br]. The van der Waals surface area contributed by atoms with E-state index in [1.165, 1.54) is 23.3 Å². The van der Waals surface area contributed by atoms with E-state index in [4.69, 9.17) is 0 Å². The minimum atomic E-state index is 0.144. The number of Topliss-reactive ketones (excluding diaryl/α,β-unsaturated/α-hetero) is 1. The topological polar surface area (TPSA) is 17.1 Å². The van der Waals surface area contributed by atoms with E-state index >= 15 is 0 Å². The van der Waals surface area contributed by atoms with Crippen LogP contribution in [0.4, 0.5) is 0 Å². The molecular formula is C4H7BrOZn. The fraction of sp³-hybridized carbons (Fsp3) is 0.500. The molecule has 0 aliphatic carbocycles. The molecule has 0 saturated carbocycles. The predicted molar refractivity (Wildman–Crippen MR) is 29.6 cm³/mol. The van der Waals surface area contributed by atoms with Crippen LogP contribution in [0.1, 0.15) is 13.3 Å². The van der Waals surface area contributed by atoms with Crippen LogP contribution in [0.2, 0.25) is 0 Å². The summed E-state index contributed by atoms with van der Waals surface area (Å²) < 4.78 is 0. The van der Waals surface area contributed by atoms with E-state index in [2.05, 4.69) is 20.5 Å². The molecule has 38 valence electrons. The molecule has 1 nitrogen and oxygen atoms in total. The van der Waals surface area contributed by atoms with Gasteiger partial charge in [0.05, 0.1) is 5.78 Å². The van der Waals surface area contributed by atoms with Crippen molar-refractivity contribution in [3.05, 3.63) is 6.92 Å². The molecule has 3 heteroatoms. The summed E-state index contributed by atoms with van der Waals surface area (Å²) in [6.45, 7) is 4.86. The summed E-state index contributed by atoms with van der Waals surface area (Å²) in [5, 5.41) is 0. The number of hydrogen-bond acceptors (Lipinski definition) is 1. The normalized spacial score (nSPS) is 6.43. The van der Waals surface area contributed by atoms with E-state index in [1.807, 2.05) is 0 Å². The summed E-state index contributed by atoms with van der Waals surface area (Å²) in [6.07, 6.45) is 0.417. The minimum absolute atomic E-state index is 0.144. The molecule has 0 rings (SSSR count). The van der Waals surface area contributed by atoms with Crippen LogP contribution in [-0.4, -0.2) is 5.78 Å². The Balaban J connectivity index is 0. The van der Waals surface area contributed by atoms with Crippen LogP contribution >= 0.6 is 13.6 Å². The van der Waals surface area contributed by atoms with Crippen LogP contribution in [0.15, 0.2) is 0 Å². The molecule has 0 amide bonds. The average molecular weight is 216 g/mol. The second-order valence-electron chi connectivity index (χ2n) is 0.952. The standard InChI is InChI=1S/C4H7O.BrH.Zn/c1-3-4(2)5;;/h1,3H2,2H3;1H;/q-1;;+2/p-1. The van der Waals surface area contributed by atoms with Crippen molar-refractivity contribution in [1.82, 2.24) is 0 Å². The number of rotatable bonds is 1. The molecule has 0 saturated heterocycles. The van der Waals surface area contributed by atoms with Gasteiger partial charge < -0.3 is 11.7 Å². The van der Waals surface area contributed by atoms with E-state index in [0.29, 0.717) is 6.42 Å². The molecule has 0 aromatic carbocycles. The molecule has 0 aliphatic heterocycles. The van der Waals surface area contributed by atoms with Crippen molar-refractivity contribution in [3.8, 4) is 0 Å². The molecule has 0 radical (unpaired) electrons. The number of carbonyl (C=O) groups is 1. The van der Waals surface area contributed by atoms with E-state index in [0.717, 1.165) is 0 Å². The van der Waals surface area contributed by atoms with Gasteiger partial charge in [-0.25, -0.2) is 0 Å². The van der Waals surface area contributed by atoms with Crippen LogP contribution in [0.5, 0.6) is 0 Å². The first-order valence-electron chi connectivity index (χ1n) is 1.82. The zero-order valence-electron chi connectivity index (χ0n) is 4.41. The van der Waals surface area contributed by atoms with Crippen LogP contribution < -0.4 is 0 Å². The maximum atomic E-state index is 9.75. The predicted octanol–water partition coefficient (Wildman–Crippen LogP) is 1.64. The van der Waals surface area contributed by atoms with Crippen molar-refractivity contribution in [2.45, 2.75) is 13.3 Å². The van der Waals surface area contributed by atoms with Gasteiger partial charge in [0.2, 0.25) is 0 Å². The van der Waals surface area contributed by atoms with Gasteiger partial charge in [-0.1, -0.05) is 0 Å². The summed E-state index contributed by atoms with van der Waals surface area (Å²) in [5.74, 6) is 0.144. The number of carbonyl (C=O) groups excluding carboxylic acids is 1. The fourth-order valence-corrected chi connectivity index (χ4v) is 0. The quantitative estimate of drug-likeness (QED) is 0.481. The molecule has 0 bridgehead atoms. The second kappa shape index (κ2) is 9.91. The van der Waals surface area contributed by atoms with E-state index in [-0.39, 0.29) is 5.78 Å². The van der Waals surface area contributed by atoms with Gasteiger partial charge in [-0.15, -0.1) is 6.42 Å². The third-order valence-corrected chi connectivity index (χ3v) is 0.352. The van der Waals surface area contributed by atoms with Crippen LogP contribution in [-0.2, 0) is 21.1 Å². The second-order valence-corrected chi connectivity index (χ2v) is 0.952. The summed E-state index contributed by atoms with van der Waals surface area (Å²) in [6, 6.07) is 0. The van der Waals surface area contributed by atoms with Gasteiger partial charge in [-0.3, -0.25) is 0 Å². The van der Waals surface area contributed by atoms with E-state index in [1.54, 1.807) is 0 Å². The summed E-state index contributed by atoms with van der Waals surface area (Å²) in [4.78, 5) is 9.75. The Kier molecular flexibility index (Phi) is 15.1. The third-order valence-electron chi connectivity index (χ3n) is 0.352. The molecule has 0 aromatic heterocycles. The monoisotopic (exact) mass is 214 g/mol. The molecule has 0 aliphatic rings. The van der Waals surface area contributed by atoms with Crippen molar-refractivity contribution >= 4 is 19.4 Å². The average Bonchev–Trinajstić information content (AvgIpc) is 1.73. The molecule has 0 aromatic rings. The zero-order valence-corrected chi connectivity index (χ0v) is 8.96. The van der Waals surface area contributed by atoms with Gasteiger partial charge in [0.25, 0.3) is 0 Å². The van der Waals surface area contributed by atoms with Crippen molar-refractivity contribution in [3.63, 3.8) is 0 Å². The first-order valence-corrected chi connectivity index (χ1v) is 8.77. The summed E-state index contributed by atoms with van der Waals surface area (Å²) in [5.41, 5.74) is 0. The Morgan fingerprint density at radius 3 is 2.00 bits per heavy atom. The van der Waals surface area contributed by atoms with Gasteiger partial charge in [0.1, 0.15) is 0 Å². The van der Waals surface area contributed by atoms with Gasteiger partial charge in [-0.2, -0.15) is 0 Å². The summed E-state index contributed by atoms with van der Waals surface area (Å²) >= 11 is 4.25.